The molecule has 2 aliphatic heterocycles. The lowest BCUT2D eigenvalue weighted by atomic mass is 10.1. The van der Waals surface area contributed by atoms with Gasteiger partial charge >= 0.3 is 6.36 Å². The van der Waals surface area contributed by atoms with E-state index in [1.165, 1.54) is 24.3 Å². The standard InChI is InChI=1S/C20H17F3O5S.C19H17FO4S/c21-20(22,23)28-15-7-3-13(4-8-15)17(25)11-27-14-5-1-12(2-6-14)9-18-16(24)10-19(26)29-18;20-15-4-2-1-3-14(15)17(22)11-24-13-7-5-12(6-8-13)9-18-16(21)10-19(23)25-18/h1-8,17-18,25H,9-11H2;1-8,17-18,22H,9-11H2/t2*17-,18?/m00/s1. The van der Waals surface area contributed by atoms with E-state index in [-0.39, 0.29) is 69.7 Å². The summed E-state index contributed by atoms with van der Waals surface area (Å²) in [4.78, 5) is 45.9. The third-order valence-corrected chi connectivity index (χ3v) is 10.4. The van der Waals surface area contributed by atoms with Gasteiger partial charge < -0.3 is 24.4 Å². The normalized spacial score (nSPS) is 18.2. The van der Waals surface area contributed by atoms with Gasteiger partial charge in [0.1, 0.15) is 48.5 Å². The van der Waals surface area contributed by atoms with Gasteiger partial charge in [-0.05, 0) is 72.0 Å². The number of alkyl halides is 3. The lowest BCUT2D eigenvalue weighted by molar-refractivity contribution is -0.274. The highest BCUT2D eigenvalue weighted by molar-refractivity contribution is 8.15. The van der Waals surface area contributed by atoms with Crippen molar-refractivity contribution in [3.05, 3.63) is 125 Å². The van der Waals surface area contributed by atoms with Crippen molar-refractivity contribution in [2.45, 2.75) is 54.8 Å². The summed E-state index contributed by atoms with van der Waals surface area (Å²) in [5.74, 6) is 0.109. The summed E-state index contributed by atoms with van der Waals surface area (Å²) in [6.07, 6.45) is -5.89. The van der Waals surface area contributed by atoms with E-state index in [2.05, 4.69) is 4.74 Å². The predicted octanol–water partition coefficient (Wildman–Crippen LogP) is 6.92. The first kappa shape index (κ1) is 40.5. The predicted molar refractivity (Wildman–Crippen MR) is 193 cm³/mol. The molecular formula is C39H34F4O9S2. The van der Waals surface area contributed by atoms with Crippen molar-refractivity contribution in [1.82, 2.24) is 0 Å². The molecular weight excluding hydrogens is 753 g/mol. The van der Waals surface area contributed by atoms with E-state index in [9.17, 15) is 47.0 Å². The van der Waals surface area contributed by atoms with E-state index < -0.39 is 24.4 Å². The zero-order chi connectivity index (χ0) is 38.8. The van der Waals surface area contributed by atoms with Gasteiger partial charge in [-0.3, -0.25) is 19.2 Å². The Morgan fingerprint density at radius 1 is 0.630 bits per heavy atom. The topological polar surface area (TPSA) is 136 Å². The Morgan fingerprint density at radius 2 is 1.07 bits per heavy atom. The summed E-state index contributed by atoms with van der Waals surface area (Å²) in [7, 11) is 0. The van der Waals surface area contributed by atoms with Gasteiger partial charge in [0.2, 0.25) is 0 Å². The molecule has 6 rings (SSSR count). The lowest BCUT2D eigenvalue weighted by Crippen LogP contribution is -2.17. The summed E-state index contributed by atoms with van der Waals surface area (Å²) < 4.78 is 64.9. The number of Topliss-reactive ketones (excluding diaryl/α,β-unsaturated/α-hetero) is 2. The first-order chi connectivity index (χ1) is 25.7. The van der Waals surface area contributed by atoms with Crippen LogP contribution in [0.25, 0.3) is 0 Å². The molecule has 2 unspecified atom stereocenters. The average molecular weight is 787 g/mol. The molecule has 4 aromatic carbocycles. The number of halogens is 4. The molecule has 4 atom stereocenters. The van der Waals surface area contributed by atoms with Gasteiger partial charge in [0.25, 0.3) is 0 Å². The molecule has 0 radical (unpaired) electrons. The second-order valence-electron chi connectivity index (χ2n) is 12.2. The number of benzene rings is 4. The van der Waals surface area contributed by atoms with Crippen LogP contribution in [-0.2, 0) is 32.0 Å². The highest BCUT2D eigenvalue weighted by Gasteiger charge is 2.33. The maximum absolute atomic E-state index is 13.6. The second kappa shape index (κ2) is 18.6. The largest absolute Gasteiger partial charge is 0.573 e. The molecule has 54 heavy (non-hydrogen) atoms. The van der Waals surface area contributed by atoms with Crippen LogP contribution in [0, 0.1) is 5.82 Å². The molecule has 15 heteroatoms. The van der Waals surface area contributed by atoms with Crippen LogP contribution in [0.1, 0.15) is 47.3 Å². The molecule has 0 amide bonds. The van der Waals surface area contributed by atoms with E-state index in [0.717, 1.165) is 46.8 Å². The molecule has 2 fully saturated rings. The number of carbonyl (C=O) groups is 4. The summed E-state index contributed by atoms with van der Waals surface area (Å²) >= 11 is 2.16. The van der Waals surface area contributed by atoms with Crippen molar-refractivity contribution in [2.24, 2.45) is 0 Å². The molecule has 2 heterocycles. The summed E-state index contributed by atoms with van der Waals surface area (Å²) in [6.45, 7) is -0.157. The molecule has 4 aromatic rings. The number of ketones is 2. The maximum Gasteiger partial charge on any atom is 0.573 e. The van der Waals surface area contributed by atoms with Crippen LogP contribution in [0.5, 0.6) is 17.2 Å². The highest BCUT2D eigenvalue weighted by Crippen LogP contribution is 2.30. The quantitative estimate of drug-likeness (QED) is 0.108. The molecule has 284 valence electrons. The van der Waals surface area contributed by atoms with Gasteiger partial charge in [-0.1, -0.05) is 78.1 Å². The Morgan fingerprint density at radius 3 is 1.50 bits per heavy atom. The van der Waals surface area contributed by atoms with Gasteiger partial charge in [0.05, 0.1) is 23.3 Å². The van der Waals surface area contributed by atoms with Gasteiger partial charge in [-0.2, -0.15) is 0 Å². The highest BCUT2D eigenvalue weighted by atomic mass is 32.2. The number of hydrogen-bond donors (Lipinski definition) is 2. The van der Waals surface area contributed by atoms with Gasteiger partial charge in [0, 0.05) is 5.56 Å². The van der Waals surface area contributed by atoms with Crippen molar-refractivity contribution < 1.29 is 61.2 Å². The van der Waals surface area contributed by atoms with Crippen molar-refractivity contribution in [3.63, 3.8) is 0 Å². The van der Waals surface area contributed by atoms with E-state index in [1.54, 1.807) is 48.5 Å². The third-order valence-electron chi connectivity index (χ3n) is 8.17. The maximum atomic E-state index is 13.6. The Labute approximate surface area is 316 Å². The molecule has 0 saturated carbocycles. The zero-order valence-corrected chi connectivity index (χ0v) is 30.0. The van der Waals surface area contributed by atoms with E-state index in [4.69, 9.17) is 9.47 Å². The van der Waals surface area contributed by atoms with E-state index in [0.29, 0.717) is 29.9 Å². The molecule has 0 bridgehead atoms. The fourth-order valence-corrected chi connectivity index (χ4v) is 7.47. The Hall–Kier alpha value is -4.70. The fraction of sp³-hybridized carbons (Fsp3) is 0.282. The van der Waals surface area contributed by atoms with Gasteiger partial charge in [0.15, 0.2) is 21.8 Å². The van der Waals surface area contributed by atoms with Crippen LogP contribution in [0.15, 0.2) is 97.1 Å². The second-order valence-corrected chi connectivity index (χ2v) is 14.8. The van der Waals surface area contributed by atoms with Crippen molar-refractivity contribution in [3.8, 4) is 17.2 Å². The minimum Gasteiger partial charge on any atom is -0.491 e. The summed E-state index contributed by atoms with van der Waals surface area (Å²) in [5, 5.41) is 19.3. The van der Waals surface area contributed by atoms with Crippen LogP contribution in [0.4, 0.5) is 17.6 Å². The minimum absolute atomic E-state index is 0.0161. The number of ether oxygens (including phenoxy) is 3. The molecule has 2 N–H and O–H groups in total. The first-order valence-corrected chi connectivity index (χ1v) is 18.3. The number of rotatable bonds is 13. The Bertz CT molecular complexity index is 1920. The van der Waals surface area contributed by atoms with Crippen LogP contribution in [0.2, 0.25) is 0 Å². The van der Waals surface area contributed by atoms with Crippen molar-refractivity contribution in [2.75, 3.05) is 13.2 Å². The molecule has 2 aliphatic rings. The molecule has 9 nitrogen and oxygen atoms in total. The summed E-state index contributed by atoms with van der Waals surface area (Å²) in [5.41, 5.74) is 2.40. The fourth-order valence-electron chi connectivity index (χ4n) is 5.40. The molecule has 0 spiro atoms. The number of aliphatic hydroxyl groups is 2. The first-order valence-electron chi connectivity index (χ1n) is 16.6. The molecule has 2 saturated heterocycles. The Kier molecular flexibility index (Phi) is 13.9. The summed E-state index contributed by atoms with van der Waals surface area (Å²) in [6, 6.07) is 25.0. The minimum atomic E-state index is -4.77. The average Bonchev–Trinajstić information content (AvgIpc) is 3.63. The monoisotopic (exact) mass is 786 g/mol. The zero-order valence-electron chi connectivity index (χ0n) is 28.4. The van der Waals surface area contributed by atoms with Crippen molar-refractivity contribution >= 4 is 45.3 Å². The van der Waals surface area contributed by atoms with Crippen LogP contribution in [0.3, 0.4) is 0 Å². The van der Waals surface area contributed by atoms with E-state index >= 15 is 0 Å². The SMILES string of the molecule is O=C1CC(=O)C(Cc2ccc(OC[C@H](O)c3ccc(OC(F)(F)F)cc3)cc2)S1.O=C1CC(=O)C(Cc2ccc(OC[C@H](O)c3ccccc3F)cc2)S1. The molecule has 0 aromatic heterocycles. The van der Waals surface area contributed by atoms with E-state index in [1.807, 2.05) is 12.1 Å². The van der Waals surface area contributed by atoms with Crippen molar-refractivity contribution in [1.29, 1.82) is 0 Å². The number of carbonyl (C=O) groups excluding carboxylic acids is 4. The molecule has 0 aliphatic carbocycles. The van der Waals surface area contributed by atoms with Gasteiger partial charge in [-0.25, -0.2) is 4.39 Å². The van der Waals surface area contributed by atoms with Crippen LogP contribution in [-0.4, -0.2) is 62.1 Å². The van der Waals surface area contributed by atoms with Crippen LogP contribution >= 0.6 is 23.5 Å². The van der Waals surface area contributed by atoms with Gasteiger partial charge in [-0.15, -0.1) is 13.2 Å². The number of aliphatic hydroxyl groups excluding tert-OH is 2. The number of thioether (sulfide) groups is 2. The number of hydrogen-bond acceptors (Lipinski definition) is 11. The van der Waals surface area contributed by atoms with Crippen LogP contribution < -0.4 is 14.2 Å². The third kappa shape index (κ3) is 12.2. The Balaban J connectivity index is 0.000000210. The smallest absolute Gasteiger partial charge is 0.491 e. The lowest BCUT2D eigenvalue weighted by Gasteiger charge is -2.14.